The molecule has 0 spiro atoms. The van der Waals surface area contributed by atoms with E-state index in [1.165, 1.54) is 5.56 Å². The molecule has 0 amide bonds. The Morgan fingerprint density at radius 2 is 1.83 bits per heavy atom. The first-order chi connectivity index (χ1) is 8.61. The van der Waals surface area contributed by atoms with Crippen LogP contribution >= 0.6 is 0 Å². The minimum atomic E-state index is 0.519. The van der Waals surface area contributed by atoms with Crippen molar-refractivity contribution in [2.45, 2.75) is 26.7 Å². The molecule has 0 aliphatic rings. The molecule has 1 aromatic heterocycles. The quantitative estimate of drug-likeness (QED) is 0.788. The molecule has 0 unspecified atom stereocenters. The van der Waals surface area contributed by atoms with Gasteiger partial charge in [0.05, 0.1) is 11.6 Å². The molecule has 90 valence electrons. The SMILES string of the molecule is Cc1cc(C#N)c(-c2ccc(C(C)C)cc2)cn1. The highest BCUT2D eigenvalue weighted by Gasteiger charge is 2.06. The van der Waals surface area contributed by atoms with Crippen molar-refractivity contribution >= 4 is 0 Å². The Bertz CT molecular complexity index is 589. The summed E-state index contributed by atoms with van der Waals surface area (Å²) < 4.78 is 0. The van der Waals surface area contributed by atoms with Gasteiger partial charge in [0, 0.05) is 17.5 Å². The van der Waals surface area contributed by atoms with Gasteiger partial charge in [0.1, 0.15) is 0 Å². The summed E-state index contributed by atoms with van der Waals surface area (Å²) in [7, 11) is 0. The third kappa shape index (κ3) is 2.41. The van der Waals surface area contributed by atoms with Crippen molar-refractivity contribution in [1.29, 1.82) is 5.26 Å². The summed E-state index contributed by atoms with van der Waals surface area (Å²) in [5, 5.41) is 9.17. The van der Waals surface area contributed by atoms with E-state index in [0.29, 0.717) is 11.5 Å². The number of benzene rings is 1. The summed E-state index contributed by atoms with van der Waals surface area (Å²) in [5.74, 6) is 0.519. The maximum absolute atomic E-state index is 9.17. The molecular weight excluding hydrogens is 220 g/mol. The van der Waals surface area contributed by atoms with Gasteiger partial charge in [-0.05, 0) is 30.0 Å². The van der Waals surface area contributed by atoms with Crippen LogP contribution in [0.3, 0.4) is 0 Å². The van der Waals surface area contributed by atoms with E-state index in [9.17, 15) is 0 Å². The monoisotopic (exact) mass is 236 g/mol. The summed E-state index contributed by atoms with van der Waals surface area (Å²) in [6.07, 6.45) is 1.78. The number of hydrogen-bond acceptors (Lipinski definition) is 2. The van der Waals surface area contributed by atoms with Crippen molar-refractivity contribution in [3.05, 3.63) is 53.3 Å². The molecule has 0 saturated heterocycles. The number of nitriles is 1. The fourth-order valence-corrected chi connectivity index (χ4v) is 1.93. The van der Waals surface area contributed by atoms with Crippen LogP contribution in [0.4, 0.5) is 0 Å². The Labute approximate surface area is 108 Å². The lowest BCUT2D eigenvalue weighted by atomic mass is 9.97. The molecule has 2 aromatic rings. The highest BCUT2D eigenvalue weighted by Crippen LogP contribution is 2.25. The molecule has 1 aromatic carbocycles. The molecule has 0 radical (unpaired) electrons. The number of rotatable bonds is 2. The summed E-state index contributed by atoms with van der Waals surface area (Å²) in [6, 6.07) is 12.4. The van der Waals surface area contributed by atoms with Gasteiger partial charge in [-0.25, -0.2) is 0 Å². The molecule has 0 atom stereocenters. The topological polar surface area (TPSA) is 36.7 Å². The normalized spacial score (nSPS) is 10.4. The van der Waals surface area contributed by atoms with Crippen LogP contribution < -0.4 is 0 Å². The van der Waals surface area contributed by atoms with E-state index in [0.717, 1.165) is 16.8 Å². The number of pyridine rings is 1. The van der Waals surface area contributed by atoms with Gasteiger partial charge >= 0.3 is 0 Å². The first-order valence-corrected chi connectivity index (χ1v) is 6.09. The molecule has 2 heteroatoms. The van der Waals surface area contributed by atoms with E-state index in [2.05, 4.69) is 49.2 Å². The Balaban J connectivity index is 2.46. The van der Waals surface area contributed by atoms with E-state index in [1.54, 1.807) is 6.20 Å². The molecule has 0 aliphatic heterocycles. The van der Waals surface area contributed by atoms with E-state index >= 15 is 0 Å². The van der Waals surface area contributed by atoms with Gasteiger partial charge in [-0.3, -0.25) is 4.98 Å². The molecule has 0 N–H and O–H groups in total. The van der Waals surface area contributed by atoms with Crippen LogP contribution in [0.5, 0.6) is 0 Å². The van der Waals surface area contributed by atoms with Crippen molar-refractivity contribution in [2.75, 3.05) is 0 Å². The fraction of sp³-hybridized carbons (Fsp3) is 0.250. The standard InChI is InChI=1S/C16H16N2/c1-11(2)13-4-6-14(7-5-13)16-10-18-12(3)8-15(16)9-17/h4-8,10-11H,1-3H3. The van der Waals surface area contributed by atoms with E-state index in [1.807, 2.05) is 13.0 Å². The Morgan fingerprint density at radius 3 is 2.39 bits per heavy atom. The predicted molar refractivity (Wildman–Crippen MR) is 73.2 cm³/mol. The predicted octanol–water partition coefficient (Wildman–Crippen LogP) is 4.05. The second-order valence-corrected chi connectivity index (χ2v) is 4.76. The number of hydrogen-bond donors (Lipinski definition) is 0. The van der Waals surface area contributed by atoms with Gasteiger partial charge in [0.15, 0.2) is 0 Å². The van der Waals surface area contributed by atoms with Crippen molar-refractivity contribution in [3.8, 4) is 17.2 Å². The Morgan fingerprint density at radius 1 is 1.17 bits per heavy atom. The third-order valence-corrected chi connectivity index (χ3v) is 3.05. The summed E-state index contributed by atoms with van der Waals surface area (Å²) in [6.45, 7) is 6.23. The molecular formula is C16H16N2. The molecule has 2 rings (SSSR count). The fourth-order valence-electron chi connectivity index (χ4n) is 1.93. The number of aromatic nitrogens is 1. The van der Waals surface area contributed by atoms with Crippen LogP contribution in [-0.2, 0) is 0 Å². The largest absolute Gasteiger partial charge is 0.261 e. The van der Waals surface area contributed by atoms with Gasteiger partial charge in [-0.2, -0.15) is 5.26 Å². The smallest absolute Gasteiger partial charge is 0.0999 e. The average Bonchev–Trinajstić information content (AvgIpc) is 2.38. The van der Waals surface area contributed by atoms with E-state index < -0.39 is 0 Å². The Hall–Kier alpha value is -2.14. The summed E-state index contributed by atoms with van der Waals surface area (Å²) in [5.41, 5.74) is 4.80. The molecule has 1 heterocycles. The zero-order valence-corrected chi connectivity index (χ0v) is 10.9. The van der Waals surface area contributed by atoms with Gasteiger partial charge in [-0.1, -0.05) is 38.1 Å². The molecule has 18 heavy (non-hydrogen) atoms. The van der Waals surface area contributed by atoms with Gasteiger partial charge in [0.25, 0.3) is 0 Å². The number of aryl methyl sites for hydroxylation is 1. The first-order valence-electron chi connectivity index (χ1n) is 6.09. The molecule has 0 aliphatic carbocycles. The van der Waals surface area contributed by atoms with Crippen molar-refractivity contribution in [1.82, 2.24) is 4.98 Å². The zero-order chi connectivity index (χ0) is 13.1. The van der Waals surface area contributed by atoms with E-state index in [4.69, 9.17) is 5.26 Å². The van der Waals surface area contributed by atoms with Crippen molar-refractivity contribution in [3.63, 3.8) is 0 Å². The molecule has 2 nitrogen and oxygen atoms in total. The first kappa shape index (κ1) is 12.3. The third-order valence-electron chi connectivity index (χ3n) is 3.05. The van der Waals surface area contributed by atoms with Gasteiger partial charge in [0.2, 0.25) is 0 Å². The lowest BCUT2D eigenvalue weighted by Gasteiger charge is -2.08. The van der Waals surface area contributed by atoms with Gasteiger partial charge in [-0.15, -0.1) is 0 Å². The maximum Gasteiger partial charge on any atom is 0.0999 e. The van der Waals surface area contributed by atoms with Crippen LogP contribution in [0.1, 0.15) is 36.6 Å². The average molecular weight is 236 g/mol. The Kier molecular flexibility index (Phi) is 3.43. The second kappa shape index (κ2) is 5.01. The minimum absolute atomic E-state index is 0.519. The van der Waals surface area contributed by atoms with Gasteiger partial charge < -0.3 is 0 Å². The van der Waals surface area contributed by atoms with Crippen LogP contribution in [0.15, 0.2) is 36.5 Å². The second-order valence-electron chi connectivity index (χ2n) is 4.76. The highest BCUT2D eigenvalue weighted by molar-refractivity contribution is 5.70. The van der Waals surface area contributed by atoms with Crippen molar-refractivity contribution in [2.24, 2.45) is 0 Å². The van der Waals surface area contributed by atoms with Crippen LogP contribution in [0.25, 0.3) is 11.1 Å². The summed E-state index contributed by atoms with van der Waals surface area (Å²) >= 11 is 0. The van der Waals surface area contributed by atoms with E-state index in [-0.39, 0.29) is 0 Å². The van der Waals surface area contributed by atoms with Crippen LogP contribution in [-0.4, -0.2) is 4.98 Å². The lowest BCUT2D eigenvalue weighted by molar-refractivity contribution is 0.867. The molecule has 0 bridgehead atoms. The minimum Gasteiger partial charge on any atom is -0.261 e. The van der Waals surface area contributed by atoms with Crippen molar-refractivity contribution < 1.29 is 0 Å². The lowest BCUT2D eigenvalue weighted by Crippen LogP contribution is -1.91. The van der Waals surface area contributed by atoms with Crippen LogP contribution in [0, 0.1) is 18.3 Å². The number of nitrogens with zero attached hydrogens (tertiary/aromatic N) is 2. The molecule has 0 saturated carbocycles. The van der Waals surface area contributed by atoms with Crippen LogP contribution in [0.2, 0.25) is 0 Å². The highest BCUT2D eigenvalue weighted by atomic mass is 14.7. The molecule has 0 fully saturated rings. The zero-order valence-electron chi connectivity index (χ0n) is 10.9. The maximum atomic E-state index is 9.17. The summed E-state index contributed by atoms with van der Waals surface area (Å²) in [4.78, 5) is 4.27.